The fraction of sp³-hybridized carbons (Fsp3) is 0.444. The van der Waals surface area contributed by atoms with Gasteiger partial charge in [0.25, 0.3) is 0 Å². The van der Waals surface area contributed by atoms with Gasteiger partial charge < -0.3 is 5.32 Å². The lowest BCUT2D eigenvalue weighted by atomic mass is 9.88. The van der Waals surface area contributed by atoms with E-state index in [4.69, 9.17) is 11.6 Å². The molecule has 2 aromatic rings. The van der Waals surface area contributed by atoms with Crippen LogP contribution in [0.4, 0.5) is 0 Å². The molecule has 0 spiro atoms. The highest BCUT2D eigenvalue weighted by molar-refractivity contribution is 6.30. The molecule has 24 heavy (non-hydrogen) atoms. The molecule has 1 aromatic carbocycles. The minimum atomic E-state index is 0. The molecule has 2 atom stereocenters. The molecule has 0 amide bonds. The van der Waals surface area contributed by atoms with Gasteiger partial charge in [-0.3, -0.25) is 14.9 Å². The summed E-state index contributed by atoms with van der Waals surface area (Å²) in [5, 5.41) is 4.22. The van der Waals surface area contributed by atoms with E-state index in [1.807, 2.05) is 18.3 Å². The van der Waals surface area contributed by atoms with E-state index in [9.17, 15) is 0 Å². The van der Waals surface area contributed by atoms with Crippen LogP contribution in [0.15, 0.2) is 42.9 Å². The third-order valence-electron chi connectivity index (χ3n) is 4.58. The molecule has 2 unspecified atom stereocenters. The molecule has 1 aliphatic heterocycles. The quantitative estimate of drug-likeness (QED) is 0.877. The van der Waals surface area contributed by atoms with Crippen molar-refractivity contribution in [2.45, 2.75) is 19.4 Å². The van der Waals surface area contributed by atoms with E-state index >= 15 is 0 Å². The van der Waals surface area contributed by atoms with E-state index in [2.05, 4.69) is 46.3 Å². The van der Waals surface area contributed by atoms with Crippen molar-refractivity contribution in [2.24, 2.45) is 5.41 Å². The maximum atomic E-state index is 6.05. The van der Waals surface area contributed by atoms with Gasteiger partial charge in [-0.25, -0.2) is 0 Å². The summed E-state index contributed by atoms with van der Waals surface area (Å²) in [4.78, 5) is 11.2. The molecule has 0 saturated carbocycles. The van der Waals surface area contributed by atoms with Crippen molar-refractivity contribution in [1.29, 1.82) is 0 Å². The number of aromatic nitrogens is 2. The largest absolute Gasteiger partial charge is 0.316 e. The summed E-state index contributed by atoms with van der Waals surface area (Å²) in [5.41, 5.74) is 2.44. The van der Waals surface area contributed by atoms with Gasteiger partial charge in [-0.15, -0.1) is 12.4 Å². The van der Waals surface area contributed by atoms with Crippen LogP contribution in [0.1, 0.15) is 30.6 Å². The molecule has 6 heteroatoms. The summed E-state index contributed by atoms with van der Waals surface area (Å²) in [7, 11) is 2.16. The van der Waals surface area contributed by atoms with Gasteiger partial charge in [-0.05, 0) is 43.1 Å². The fourth-order valence-electron chi connectivity index (χ4n) is 3.45. The molecule has 130 valence electrons. The van der Waals surface area contributed by atoms with Gasteiger partial charge in [0.15, 0.2) is 0 Å². The average molecular weight is 367 g/mol. The van der Waals surface area contributed by atoms with E-state index in [0.29, 0.717) is 5.41 Å². The summed E-state index contributed by atoms with van der Waals surface area (Å²) in [6, 6.07) is 8.11. The van der Waals surface area contributed by atoms with Crippen molar-refractivity contribution in [2.75, 3.05) is 26.7 Å². The first-order valence-electron chi connectivity index (χ1n) is 8.00. The number of hydrogen-bond donors (Lipinski definition) is 1. The Labute approximate surface area is 155 Å². The van der Waals surface area contributed by atoms with Gasteiger partial charge in [0.2, 0.25) is 0 Å². The van der Waals surface area contributed by atoms with Crippen molar-refractivity contribution in [3.63, 3.8) is 0 Å². The van der Waals surface area contributed by atoms with Crippen LogP contribution in [0, 0.1) is 5.41 Å². The van der Waals surface area contributed by atoms with E-state index in [1.165, 1.54) is 12.0 Å². The highest BCUT2D eigenvalue weighted by atomic mass is 35.5. The van der Waals surface area contributed by atoms with Gasteiger partial charge in [-0.1, -0.05) is 30.7 Å². The highest BCUT2D eigenvalue weighted by Crippen LogP contribution is 2.32. The van der Waals surface area contributed by atoms with E-state index in [-0.39, 0.29) is 18.4 Å². The van der Waals surface area contributed by atoms with Crippen LogP contribution in [-0.4, -0.2) is 41.5 Å². The predicted octanol–water partition coefficient (Wildman–Crippen LogP) is 3.57. The second-order valence-corrected chi connectivity index (χ2v) is 7.17. The van der Waals surface area contributed by atoms with Crippen molar-refractivity contribution in [3.8, 4) is 0 Å². The number of rotatable bonds is 5. The zero-order chi connectivity index (χ0) is 16.3. The molecule has 0 bridgehead atoms. The van der Waals surface area contributed by atoms with Crippen LogP contribution in [0.3, 0.4) is 0 Å². The van der Waals surface area contributed by atoms with E-state index in [0.717, 1.165) is 30.4 Å². The zero-order valence-electron chi connectivity index (χ0n) is 14.1. The number of halogens is 2. The van der Waals surface area contributed by atoms with Crippen LogP contribution in [0.25, 0.3) is 0 Å². The van der Waals surface area contributed by atoms with Gasteiger partial charge in [0, 0.05) is 30.5 Å². The van der Waals surface area contributed by atoms with Gasteiger partial charge in [0.1, 0.15) is 0 Å². The Morgan fingerprint density at radius 1 is 1.29 bits per heavy atom. The first kappa shape index (κ1) is 19.1. The lowest BCUT2D eigenvalue weighted by molar-refractivity contribution is 0.176. The Bertz CT molecular complexity index is 627. The van der Waals surface area contributed by atoms with Gasteiger partial charge >= 0.3 is 0 Å². The monoisotopic (exact) mass is 366 g/mol. The minimum absolute atomic E-state index is 0. The fourth-order valence-corrected chi connectivity index (χ4v) is 3.57. The SMILES string of the molecule is CN(CC1(C)CCNC1)C(c1ccc(Cl)cc1)c1cnccn1.Cl. The summed E-state index contributed by atoms with van der Waals surface area (Å²) in [6.45, 7) is 5.51. The number of nitrogens with one attached hydrogen (secondary N) is 1. The Kier molecular flexibility index (Phi) is 6.58. The third-order valence-corrected chi connectivity index (χ3v) is 4.83. The van der Waals surface area contributed by atoms with E-state index < -0.39 is 0 Å². The van der Waals surface area contributed by atoms with Crippen LogP contribution in [0.5, 0.6) is 0 Å². The third kappa shape index (κ3) is 4.45. The molecule has 1 fully saturated rings. The normalized spacial score (nSPS) is 21.5. The maximum Gasteiger partial charge on any atom is 0.0803 e. The molecule has 2 heterocycles. The van der Waals surface area contributed by atoms with Gasteiger partial charge in [-0.2, -0.15) is 0 Å². The Morgan fingerprint density at radius 2 is 2.04 bits per heavy atom. The molecule has 1 aliphatic rings. The van der Waals surface area contributed by atoms with Crippen LogP contribution in [0.2, 0.25) is 5.02 Å². The maximum absolute atomic E-state index is 6.05. The first-order chi connectivity index (χ1) is 11.1. The number of nitrogens with zero attached hydrogens (tertiary/aromatic N) is 3. The molecule has 1 saturated heterocycles. The Balaban J connectivity index is 0.00000208. The van der Waals surface area contributed by atoms with Crippen molar-refractivity contribution in [3.05, 3.63) is 59.1 Å². The zero-order valence-corrected chi connectivity index (χ0v) is 15.6. The number of benzene rings is 1. The molecule has 1 N–H and O–H groups in total. The summed E-state index contributed by atoms with van der Waals surface area (Å²) in [5.74, 6) is 0. The molecular weight excluding hydrogens is 343 g/mol. The van der Waals surface area contributed by atoms with Gasteiger partial charge in [0.05, 0.1) is 17.9 Å². The molecule has 3 rings (SSSR count). The van der Waals surface area contributed by atoms with Crippen molar-refractivity contribution >= 4 is 24.0 Å². The van der Waals surface area contributed by atoms with Crippen molar-refractivity contribution < 1.29 is 0 Å². The highest BCUT2D eigenvalue weighted by Gasteiger charge is 2.32. The second kappa shape index (κ2) is 8.26. The standard InChI is InChI=1S/C18H23ClN4.ClH/c1-18(7-8-21-12-18)13-23(2)17(16-11-20-9-10-22-16)14-3-5-15(19)6-4-14;/h3-6,9-11,17,21H,7-8,12-13H2,1-2H3;1H. The molecule has 4 nitrogen and oxygen atoms in total. The van der Waals surface area contributed by atoms with Crippen molar-refractivity contribution in [1.82, 2.24) is 20.2 Å². The van der Waals surface area contributed by atoms with E-state index in [1.54, 1.807) is 12.4 Å². The minimum Gasteiger partial charge on any atom is -0.316 e. The molecular formula is C18H24Cl2N4. The Morgan fingerprint density at radius 3 is 2.62 bits per heavy atom. The van der Waals surface area contributed by atoms with Crippen LogP contribution in [-0.2, 0) is 0 Å². The average Bonchev–Trinajstić information content (AvgIpc) is 2.97. The van der Waals surface area contributed by atoms with Crippen LogP contribution >= 0.6 is 24.0 Å². The molecule has 1 aromatic heterocycles. The smallest absolute Gasteiger partial charge is 0.0803 e. The topological polar surface area (TPSA) is 41.0 Å². The second-order valence-electron chi connectivity index (χ2n) is 6.74. The summed E-state index contributed by atoms with van der Waals surface area (Å²) < 4.78 is 0. The number of hydrogen-bond acceptors (Lipinski definition) is 4. The Hall–Kier alpha value is -1.20. The molecule has 0 aliphatic carbocycles. The van der Waals surface area contributed by atoms with Crippen LogP contribution < -0.4 is 5.32 Å². The first-order valence-corrected chi connectivity index (χ1v) is 8.38. The molecule has 0 radical (unpaired) electrons. The summed E-state index contributed by atoms with van der Waals surface area (Å²) in [6.07, 6.45) is 6.52. The lowest BCUT2D eigenvalue weighted by Crippen LogP contribution is -2.38. The summed E-state index contributed by atoms with van der Waals surface area (Å²) >= 11 is 6.05. The predicted molar refractivity (Wildman–Crippen MR) is 101 cm³/mol. The lowest BCUT2D eigenvalue weighted by Gasteiger charge is -2.34.